The molecule has 0 atom stereocenters. The lowest BCUT2D eigenvalue weighted by atomic mass is 10.1. The van der Waals surface area contributed by atoms with Gasteiger partial charge in [-0.15, -0.1) is 0 Å². The van der Waals surface area contributed by atoms with Gasteiger partial charge in [0.15, 0.2) is 0 Å². The van der Waals surface area contributed by atoms with Crippen LogP contribution >= 0.6 is 0 Å². The van der Waals surface area contributed by atoms with E-state index in [2.05, 4.69) is 17.3 Å². The van der Waals surface area contributed by atoms with Gasteiger partial charge in [0.25, 0.3) is 0 Å². The minimum atomic E-state index is -0.220. The van der Waals surface area contributed by atoms with Crippen molar-refractivity contribution in [2.75, 3.05) is 6.54 Å². The summed E-state index contributed by atoms with van der Waals surface area (Å²) in [6.07, 6.45) is 4.22. The monoisotopic (exact) mass is 259 g/mol. The van der Waals surface area contributed by atoms with Crippen molar-refractivity contribution in [3.05, 3.63) is 47.5 Å². The van der Waals surface area contributed by atoms with Crippen LogP contribution in [0.5, 0.6) is 0 Å². The molecule has 1 aromatic heterocycles. The second kappa shape index (κ2) is 5.13. The number of nitrogens with zero attached hydrogens (tertiary/aromatic N) is 2. The number of halogens is 1. The van der Waals surface area contributed by atoms with Crippen molar-refractivity contribution in [3.8, 4) is 5.69 Å². The average molecular weight is 259 g/mol. The lowest BCUT2D eigenvalue weighted by Gasteiger charge is -2.10. The van der Waals surface area contributed by atoms with Gasteiger partial charge in [0, 0.05) is 18.0 Å². The van der Waals surface area contributed by atoms with E-state index in [0.29, 0.717) is 11.6 Å². The highest BCUT2D eigenvalue weighted by atomic mass is 19.1. The fraction of sp³-hybridized carbons (Fsp3) is 0.400. The van der Waals surface area contributed by atoms with Crippen LogP contribution in [0.3, 0.4) is 0 Å². The van der Waals surface area contributed by atoms with Gasteiger partial charge in [-0.2, -0.15) is 5.10 Å². The van der Waals surface area contributed by atoms with Crippen molar-refractivity contribution >= 4 is 0 Å². The van der Waals surface area contributed by atoms with Crippen LogP contribution in [-0.4, -0.2) is 16.3 Å². The van der Waals surface area contributed by atoms with Crippen molar-refractivity contribution < 1.29 is 4.39 Å². The normalized spacial score (nSPS) is 14.8. The Hall–Kier alpha value is -1.68. The number of rotatable bonds is 5. The lowest BCUT2D eigenvalue weighted by molar-refractivity contribution is 0.606. The van der Waals surface area contributed by atoms with Crippen molar-refractivity contribution in [1.82, 2.24) is 15.1 Å². The van der Waals surface area contributed by atoms with Crippen molar-refractivity contribution in [2.24, 2.45) is 0 Å². The second-order valence-electron chi connectivity index (χ2n) is 4.97. The zero-order chi connectivity index (χ0) is 13.2. The van der Waals surface area contributed by atoms with Gasteiger partial charge < -0.3 is 5.32 Å². The van der Waals surface area contributed by atoms with Crippen molar-refractivity contribution in [3.63, 3.8) is 0 Å². The number of nitrogens with one attached hydrogen (secondary N) is 1. The summed E-state index contributed by atoms with van der Waals surface area (Å²) in [5, 5.41) is 7.72. The van der Waals surface area contributed by atoms with Crippen LogP contribution < -0.4 is 5.32 Å². The predicted molar refractivity (Wildman–Crippen MR) is 72.9 cm³/mol. The lowest BCUT2D eigenvalue weighted by Crippen LogP contribution is -2.13. The summed E-state index contributed by atoms with van der Waals surface area (Å²) in [6, 6.07) is 6.82. The molecule has 3 rings (SSSR count). The SMILES string of the molecule is CCNCc1cnn(-c2ccccc2F)c1C1CC1. The molecule has 3 nitrogen and oxygen atoms in total. The highest BCUT2D eigenvalue weighted by Gasteiger charge is 2.30. The van der Waals surface area contributed by atoms with Crippen LogP contribution in [0.25, 0.3) is 5.69 Å². The van der Waals surface area contributed by atoms with Gasteiger partial charge in [0.2, 0.25) is 0 Å². The molecule has 19 heavy (non-hydrogen) atoms. The third-order valence-corrected chi connectivity index (χ3v) is 3.50. The maximum atomic E-state index is 13.9. The molecular weight excluding hydrogens is 241 g/mol. The molecule has 1 heterocycles. The summed E-state index contributed by atoms with van der Waals surface area (Å²) in [5.74, 6) is 0.318. The van der Waals surface area contributed by atoms with E-state index in [4.69, 9.17) is 0 Å². The quantitative estimate of drug-likeness (QED) is 0.894. The summed E-state index contributed by atoms with van der Waals surface area (Å²) >= 11 is 0. The largest absolute Gasteiger partial charge is 0.313 e. The Morgan fingerprint density at radius 2 is 2.16 bits per heavy atom. The van der Waals surface area contributed by atoms with E-state index in [1.165, 1.54) is 30.2 Å². The minimum absolute atomic E-state index is 0.220. The number of para-hydroxylation sites is 1. The Bertz CT molecular complexity index is 573. The van der Waals surface area contributed by atoms with E-state index in [9.17, 15) is 4.39 Å². The fourth-order valence-electron chi connectivity index (χ4n) is 2.40. The van der Waals surface area contributed by atoms with E-state index in [0.717, 1.165) is 13.1 Å². The Kier molecular flexibility index (Phi) is 3.34. The molecule has 0 aliphatic heterocycles. The topological polar surface area (TPSA) is 29.9 Å². The van der Waals surface area contributed by atoms with Gasteiger partial charge in [-0.1, -0.05) is 19.1 Å². The molecular formula is C15H18FN3. The van der Waals surface area contributed by atoms with Gasteiger partial charge in [-0.05, 0) is 31.5 Å². The molecule has 1 fully saturated rings. The van der Waals surface area contributed by atoms with E-state index < -0.39 is 0 Å². The second-order valence-corrected chi connectivity index (χ2v) is 4.97. The molecule has 0 amide bonds. The summed E-state index contributed by atoms with van der Waals surface area (Å²) in [5.41, 5.74) is 2.91. The minimum Gasteiger partial charge on any atom is -0.313 e. The van der Waals surface area contributed by atoms with Gasteiger partial charge in [0.1, 0.15) is 11.5 Å². The predicted octanol–water partition coefficient (Wildman–Crippen LogP) is 3.00. The van der Waals surface area contributed by atoms with Gasteiger partial charge in [-0.3, -0.25) is 0 Å². The molecule has 0 unspecified atom stereocenters. The zero-order valence-corrected chi connectivity index (χ0v) is 11.1. The highest BCUT2D eigenvalue weighted by Crippen LogP contribution is 2.42. The first-order chi connectivity index (χ1) is 9.31. The van der Waals surface area contributed by atoms with Crippen LogP contribution in [0.4, 0.5) is 4.39 Å². The molecule has 0 bridgehead atoms. The molecule has 2 aromatic rings. The first kappa shape index (κ1) is 12.4. The zero-order valence-electron chi connectivity index (χ0n) is 11.1. The molecule has 0 spiro atoms. The number of aromatic nitrogens is 2. The van der Waals surface area contributed by atoms with E-state index in [1.807, 2.05) is 12.3 Å². The Morgan fingerprint density at radius 3 is 2.84 bits per heavy atom. The van der Waals surface area contributed by atoms with Gasteiger partial charge >= 0.3 is 0 Å². The summed E-state index contributed by atoms with van der Waals surface area (Å²) in [4.78, 5) is 0. The molecule has 1 aromatic carbocycles. The molecule has 1 saturated carbocycles. The molecule has 4 heteroatoms. The summed E-state index contributed by atoms with van der Waals surface area (Å²) in [6.45, 7) is 3.81. The fourth-order valence-corrected chi connectivity index (χ4v) is 2.40. The average Bonchev–Trinajstić information content (AvgIpc) is 3.18. The Labute approximate surface area is 112 Å². The summed E-state index contributed by atoms with van der Waals surface area (Å²) in [7, 11) is 0. The highest BCUT2D eigenvalue weighted by molar-refractivity contribution is 5.39. The van der Waals surface area contributed by atoms with E-state index in [-0.39, 0.29) is 5.82 Å². The molecule has 0 saturated heterocycles. The third-order valence-electron chi connectivity index (χ3n) is 3.50. The van der Waals surface area contributed by atoms with E-state index >= 15 is 0 Å². The molecule has 1 aliphatic rings. The number of hydrogen-bond acceptors (Lipinski definition) is 2. The van der Waals surface area contributed by atoms with E-state index in [1.54, 1.807) is 16.8 Å². The van der Waals surface area contributed by atoms with Crippen molar-refractivity contribution in [2.45, 2.75) is 32.2 Å². The molecule has 1 aliphatic carbocycles. The Morgan fingerprint density at radius 1 is 1.37 bits per heavy atom. The van der Waals surface area contributed by atoms with Crippen LogP contribution in [-0.2, 0) is 6.54 Å². The first-order valence-electron chi connectivity index (χ1n) is 6.83. The summed E-state index contributed by atoms with van der Waals surface area (Å²) < 4.78 is 15.7. The van der Waals surface area contributed by atoms with Crippen molar-refractivity contribution in [1.29, 1.82) is 0 Å². The molecule has 100 valence electrons. The molecule has 1 N–H and O–H groups in total. The van der Waals surface area contributed by atoms with Crippen LogP contribution in [0.2, 0.25) is 0 Å². The van der Waals surface area contributed by atoms with Crippen LogP contribution in [0, 0.1) is 5.82 Å². The van der Waals surface area contributed by atoms with Crippen LogP contribution in [0.1, 0.15) is 36.9 Å². The Balaban J connectivity index is 2.02. The van der Waals surface area contributed by atoms with Crippen LogP contribution in [0.15, 0.2) is 30.5 Å². The van der Waals surface area contributed by atoms with Gasteiger partial charge in [0.05, 0.1) is 11.9 Å². The number of hydrogen-bond donors (Lipinski definition) is 1. The third kappa shape index (κ3) is 2.40. The maximum absolute atomic E-state index is 13.9. The van der Waals surface area contributed by atoms with Gasteiger partial charge in [-0.25, -0.2) is 9.07 Å². The molecule has 0 radical (unpaired) electrons. The first-order valence-corrected chi connectivity index (χ1v) is 6.83. The standard InChI is InChI=1S/C15H18FN3/c1-2-17-9-12-10-18-19(15(12)11-7-8-11)14-6-4-3-5-13(14)16/h3-6,10-11,17H,2,7-9H2,1H3. The maximum Gasteiger partial charge on any atom is 0.148 e. The smallest absolute Gasteiger partial charge is 0.148 e. The number of benzene rings is 1.